The molecule has 1 aliphatic heterocycles. The number of rotatable bonds is 7. The van der Waals surface area contributed by atoms with Crippen molar-refractivity contribution in [2.75, 3.05) is 39.9 Å². The van der Waals surface area contributed by atoms with Crippen LogP contribution in [0.15, 0.2) is 76.8 Å². The molecule has 1 heterocycles. The zero-order chi connectivity index (χ0) is 24.8. The van der Waals surface area contributed by atoms with Crippen LogP contribution in [0.5, 0.6) is 0 Å². The molecule has 0 aliphatic carbocycles. The Morgan fingerprint density at radius 1 is 0.943 bits per heavy atom. The molecule has 35 heavy (non-hydrogen) atoms. The first kappa shape index (κ1) is 24.4. The average Bonchev–Trinajstić information content (AvgIpc) is 2.90. The summed E-state index contributed by atoms with van der Waals surface area (Å²) in [5, 5.41) is 5.63. The van der Waals surface area contributed by atoms with Crippen LogP contribution in [-0.4, -0.2) is 75.6 Å². The Kier molecular flexibility index (Phi) is 7.42. The van der Waals surface area contributed by atoms with Crippen molar-refractivity contribution in [3.63, 3.8) is 0 Å². The molecule has 0 aromatic heterocycles. The lowest BCUT2D eigenvalue weighted by Gasteiger charge is -2.33. The molecule has 1 amide bonds. The molecule has 1 saturated heterocycles. The largest absolute Gasteiger partial charge is 0.465 e. The quantitative estimate of drug-likeness (QED) is 0.283. The van der Waals surface area contributed by atoms with Crippen LogP contribution in [0.3, 0.4) is 0 Å². The normalized spacial score (nSPS) is 14.8. The highest BCUT2D eigenvalue weighted by molar-refractivity contribution is 7.89. The van der Waals surface area contributed by atoms with Crippen molar-refractivity contribution in [2.45, 2.75) is 4.90 Å². The van der Waals surface area contributed by atoms with Crippen LogP contribution in [0.1, 0.15) is 15.9 Å². The molecule has 3 aromatic rings. The maximum absolute atomic E-state index is 13.1. The Bertz CT molecular complexity index is 1350. The molecule has 0 N–H and O–H groups in total. The number of carbonyl (C=O) groups is 2. The molecule has 0 spiro atoms. The lowest BCUT2D eigenvalue weighted by Crippen LogP contribution is -2.51. The van der Waals surface area contributed by atoms with Gasteiger partial charge in [0.05, 0.1) is 23.8 Å². The van der Waals surface area contributed by atoms with Crippen molar-refractivity contribution in [1.29, 1.82) is 0 Å². The van der Waals surface area contributed by atoms with Crippen molar-refractivity contribution in [1.82, 2.24) is 9.21 Å². The molecule has 1 aliphatic rings. The Labute approximate surface area is 203 Å². The fourth-order valence-corrected chi connectivity index (χ4v) is 5.22. The van der Waals surface area contributed by atoms with Gasteiger partial charge in [0, 0.05) is 26.2 Å². The van der Waals surface area contributed by atoms with Crippen LogP contribution in [-0.2, 0) is 24.4 Å². The number of sulfonamides is 1. The molecule has 0 bridgehead atoms. The molecule has 0 radical (unpaired) electrons. The van der Waals surface area contributed by atoms with Gasteiger partial charge in [-0.15, -0.1) is 0 Å². The predicted molar refractivity (Wildman–Crippen MR) is 131 cm³/mol. The van der Waals surface area contributed by atoms with E-state index in [1.165, 1.54) is 17.6 Å². The number of carbonyl (C=O) groups excluding carboxylic acids is 2. The van der Waals surface area contributed by atoms with E-state index in [9.17, 15) is 18.0 Å². The molecule has 0 saturated carbocycles. The smallest absolute Gasteiger partial charge is 0.337 e. The van der Waals surface area contributed by atoms with Crippen molar-refractivity contribution < 1.29 is 27.6 Å². The molecule has 182 valence electrons. The minimum absolute atomic E-state index is 0.205. The lowest BCUT2D eigenvalue weighted by atomic mass is 10.1. The topological polar surface area (TPSA) is 106 Å². The number of methoxy groups -OCH3 is 1. The summed E-state index contributed by atoms with van der Waals surface area (Å²) < 4.78 is 32.2. The summed E-state index contributed by atoms with van der Waals surface area (Å²) in [6, 6.07) is 19.2. The van der Waals surface area contributed by atoms with E-state index < -0.39 is 16.0 Å². The third-order valence-corrected chi connectivity index (χ3v) is 7.64. The summed E-state index contributed by atoms with van der Waals surface area (Å²) in [5.41, 5.74) is 1.11. The Hall–Kier alpha value is -3.76. The SMILES string of the molecule is COC(=O)c1ccc(C=NOCC(=O)N2CCN(S(=O)(=O)c3ccc4ccccc4c3)CC2)cc1. The lowest BCUT2D eigenvalue weighted by molar-refractivity contribution is -0.137. The fourth-order valence-electron chi connectivity index (χ4n) is 3.76. The average molecular weight is 496 g/mol. The van der Waals surface area contributed by atoms with Gasteiger partial charge in [-0.05, 0) is 40.6 Å². The molecular weight excluding hydrogens is 470 g/mol. The van der Waals surface area contributed by atoms with Crippen LogP contribution < -0.4 is 0 Å². The number of amides is 1. The van der Waals surface area contributed by atoms with Gasteiger partial charge in [0.1, 0.15) is 0 Å². The molecule has 3 aromatic carbocycles. The zero-order valence-corrected chi connectivity index (χ0v) is 20.0. The van der Waals surface area contributed by atoms with Crippen LogP contribution >= 0.6 is 0 Å². The first-order valence-electron chi connectivity index (χ1n) is 11.0. The van der Waals surface area contributed by atoms with Crippen molar-refractivity contribution in [3.8, 4) is 0 Å². The highest BCUT2D eigenvalue weighted by Gasteiger charge is 2.30. The van der Waals surface area contributed by atoms with Gasteiger partial charge < -0.3 is 14.5 Å². The summed E-state index contributed by atoms with van der Waals surface area (Å²) in [6.45, 7) is 0.697. The van der Waals surface area contributed by atoms with Gasteiger partial charge in [-0.1, -0.05) is 47.6 Å². The highest BCUT2D eigenvalue weighted by Crippen LogP contribution is 2.23. The first-order chi connectivity index (χ1) is 16.9. The maximum Gasteiger partial charge on any atom is 0.337 e. The number of fused-ring (bicyclic) bond motifs is 1. The predicted octanol–water partition coefficient (Wildman–Crippen LogP) is 2.51. The molecule has 0 atom stereocenters. The standard InChI is InChI=1S/C25H25N3O6S/c1-33-25(30)21-8-6-19(7-9-21)17-26-34-18-24(29)27-12-14-28(15-13-27)35(31,32)23-11-10-20-4-2-3-5-22(20)16-23/h2-11,16-17H,12-15,18H2,1H3. The van der Waals surface area contributed by atoms with E-state index in [-0.39, 0.29) is 43.6 Å². The second-order valence-electron chi connectivity index (χ2n) is 7.92. The monoisotopic (exact) mass is 495 g/mol. The summed E-state index contributed by atoms with van der Waals surface area (Å²) >= 11 is 0. The van der Waals surface area contributed by atoms with Crippen molar-refractivity contribution in [3.05, 3.63) is 77.9 Å². The number of ether oxygens (including phenoxy) is 1. The fraction of sp³-hybridized carbons (Fsp3) is 0.240. The number of oxime groups is 1. The zero-order valence-electron chi connectivity index (χ0n) is 19.2. The summed E-state index contributed by atoms with van der Waals surface area (Å²) in [6.07, 6.45) is 1.43. The number of benzene rings is 3. The Balaban J connectivity index is 1.27. The number of nitrogens with zero attached hydrogens (tertiary/aromatic N) is 3. The molecule has 10 heteroatoms. The van der Waals surface area contributed by atoms with Gasteiger partial charge in [-0.3, -0.25) is 4.79 Å². The van der Waals surface area contributed by atoms with Crippen molar-refractivity contribution >= 4 is 38.9 Å². The van der Waals surface area contributed by atoms with Gasteiger partial charge in [0.15, 0.2) is 6.61 Å². The van der Waals surface area contributed by atoms with Gasteiger partial charge >= 0.3 is 5.97 Å². The van der Waals surface area contributed by atoms with E-state index in [0.29, 0.717) is 11.1 Å². The number of esters is 1. The number of hydrogen-bond acceptors (Lipinski definition) is 7. The first-order valence-corrected chi connectivity index (χ1v) is 12.4. The maximum atomic E-state index is 13.1. The summed E-state index contributed by atoms with van der Waals surface area (Å²) in [5.74, 6) is -0.702. The van der Waals surface area contributed by atoms with E-state index in [1.807, 2.05) is 24.3 Å². The third kappa shape index (κ3) is 5.67. The van der Waals surface area contributed by atoms with E-state index in [0.717, 1.165) is 10.8 Å². The minimum Gasteiger partial charge on any atom is -0.465 e. The van der Waals surface area contributed by atoms with Crippen LogP contribution in [0.25, 0.3) is 10.8 Å². The van der Waals surface area contributed by atoms with E-state index in [2.05, 4.69) is 9.89 Å². The van der Waals surface area contributed by atoms with E-state index >= 15 is 0 Å². The molecule has 1 fully saturated rings. The van der Waals surface area contributed by atoms with E-state index in [1.54, 1.807) is 47.4 Å². The second-order valence-corrected chi connectivity index (χ2v) is 9.85. The molecular formula is C25H25N3O6S. The molecule has 4 rings (SSSR count). The number of hydrogen-bond donors (Lipinski definition) is 0. The summed E-state index contributed by atoms with van der Waals surface area (Å²) in [7, 11) is -2.34. The highest BCUT2D eigenvalue weighted by atomic mass is 32.2. The molecule has 0 unspecified atom stereocenters. The second kappa shape index (κ2) is 10.7. The van der Waals surface area contributed by atoms with Crippen molar-refractivity contribution in [2.24, 2.45) is 5.16 Å². The van der Waals surface area contributed by atoms with Gasteiger partial charge in [-0.2, -0.15) is 4.31 Å². The van der Waals surface area contributed by atoms with E-state index in [4.69, 9.17) is 4.84 Å². The van der Waals surface area contributed by atoms with Gasteiger partial charge in [0.25, 0.3) is 5.91 Å². The Morgan fingerprint density at radius 2 is 1.63 bits per heavy atom. The number of piperazine rings is 1. The molecule has 9 nitrogen and oxygen atoms in total. The Morgan fingerprint density at radius 3 is 2.31 bits per heavy atom. The van der Waals surface area contributed by atoms with Crippen LogP contribution in [0.4, 0.5) is 0 Å². The van der Waals surface area contributed by atoms with Gasteiger partial charge in [-0.25, -0.2) is 13.2 Å². The third-order valence-electron chi connectivity index (χ3n) is 5.75. The van der Waals surface area contributed by atoms with Gasteiger partial charge in [0.2, 0.25) is 10.0 Å². The summed E-state index contributed by atoms with van der Waals surface area (Å²) in [4.78, 5) is 30.8. The van der Waals surface area contributed by atoms with Crippen LogP contribution in [0.2, 0.25) is 0 Å². The van der Waals surface area contributed by atoms with Crippen LogP contribution in [0, 0.1) is 0 Å². The minimum atomic E-state index is -3.65.